The number of halogens is 2. The highest BCUT2D eigenvalue weighted by Crippen LogP contribution is 2.28. The molecule has 0 unspecified atom stereocenters. The van der Waals surface area contributed by atoms with Crippen molar-refractivity contribution in [2.75, 3.05) is 13.2 Å². The van der Waals surface area contributed by atoms with Gasteiger partial charge in [-0.2, -0.15) is 0 Å². The lowest BCUT2D eigenvalue weighted by Gasteiger charge is -2.12. The second-order valence-electron chi connectivity index (χ2n) is 4.13. The summed E-state index contributed by atoms with van der Waals surface area (Å²) in [6, 6.07) is 12.7. The normalized spacial score (nSPS) is 10.2. The Balaban J connectivity index is 1.89. The molecule has 0 saturated carbocycles. The Morgan fingerprint density at radius 2 is 1.76 bits per heavy atom. The fourth-order valence-corrected chi connectivity index (χ4v) is 2.66. The van der Waals surface area contributed by atoms with Crippen LogP contribution in [-0.4, -0.2) is 18.2 Å². The molecule has 0 heterocycles. The minimum Gasteiger partial charge on any atom is -0.489 e. The van der Waals surface area contributed by atoms with Crippen LogP contribution in [0.4, 0.5) is 0 Å². The molecule has 0 radical (unpaired) electrons. The molecule has 0 aliphatic carbocycles. The lowest BCUT2D eigenvalue weighted by Crippen LogP contribution is -2.14. The fourth-order valence-electron chi connectivity index (χ4n) is 1.69. The summed E-state index contributed by atoms with van der Waals surface area (Å²) in [5.41, 5.74) is 6.37. The van der Waals surface area contributed by atoms with Crippen LogP contribution in [-0.2, 0) is 0 Å². The topological polar surface area (TPSA) is 44.5 Å². The van der Waals surface area contributed by atoms with Gasteiger partial charge in [0.05, 0.1) is 10.0 Å². The number of rotatable bonds is 6. The number of ether oxygens (including phenoxy) is 2. The molecular formula is C15H13BrClNO2S. The minimum atomic E-state index is 0.312. The van der Waals surface area contributed by atoms with Crippen molar-refractivity contribution in [3.05, 3.63) is 57.5 Å². The van der Waals surface area contributed by atoms with Gasteiger partial charge in [0.25, 0.3) is 0 Å². The maximum Gasteiger partial charge on any atom is 0.133 e. The zero-order valence-electron chi connectivity index (χ0n) is 11.0. The van der Waals surface area contributed by atoms with Gasteiger partial charge in [0, 0.05) is 5.02 Å². The third kappa shape index (κ3) is 4.59. The van der Waals surface area contributed by atoms with Crippen molar-refractivity contribution in [2.45, 2.75) is 0 Å². The first-order chi connectivity index (χ1) is 10.1. The second kappa shape index (κ2) is 7.64. The summed E-state index contributed by atoms with van der Waals surface area (Å²) in [5, 5.41) is 0.649. The molecule has 0 aliphatic rings. The molecule has 2 aromatic rings. The molecule has 0 fully saturated rings. The van der Waals surface area contributed by atoms with Crippen molar-refractivity contribution >= 4 is 44.7 Å². The maximum absolute atomic E-state index is 5.87. The van der Waals surface area contributed by atoms with E-state index in [1.54, 1.807) is 18.2 Å². The van der Waals surface area contributed by atoms with Gasteiger partial charge in [-0.25, -0.2) is 0 Å². The van der Waals surface area contributed by atoms with Crippen LogP contribution in [0.5, 0.6) is 11.5 Å². The van der Waals surface area contributed by atoms with Gasteiger partial charge in [-0.1, -0.05) is 36.0 Å². The molecule has 0 atom stereocenters. The Bertz CT molecular complexity index is 651. The zero-order chi connectivity index (χ0) is 15.2. The highest BCUT2D eigenvalue weighted by molar-refractivity contribution is 9.10. The van der Waals surface area contributed by atoms with Crippen molar-refractivity contribution in [2.24, 2.45) is 5.73 Å². The van der Waals surface area contributed by atoms with E-state index in [2.05, 4.69) is 15.9 Å². The van der Waals surface area contributed by atoms with Crippen LogP contribution in [0.1, 0.15) is 5.56 Å². The van der Waals surface area contributed by atoms with Crippen LogP contribution in [0.3, 0.4) is 0 Å². The van der Waals surface area contributed by atoms with Gasteiger partial charge < -0.3 is 15.2 Å². The number of hydrogen-bond acceptors (Lipinski definition) is 3. The van der Waals surface area contributed by atoms with Crippen molar-refractivity contribution in [3.63, 3.8) is 0 Å². The quantitative estimate of drug-likeness (QED) is 0.597. The van der Waals surface area contributed by atoms with Gasteiger partial charge in [0.2, 0.25) is 0 Å². The SMILES string of the molecule is NC(=S)c1ccccc1OCCOc1ccc(Cl)cc1Br. The van der Waals surface area contributed by atoms with Crippen molar-refractivity contribution in [3.8, 4) is 11.5 Å². The number of para-hydroxylation sites is 1. The molecule has 2 rings (SSSR count). The lowest BCUT2D eigenvalue weighted by atomic mass is 10.2. The summed E-state index contributed by atoms with van der Waals surface area (Å²) < 4.78 is 12.1. The van der Waals surface area contributed by atoms with Crippen molar-refractivity contribution in [1.29, 1.82) is 0 Å². The highest BCUT2D eigenvalue weighted by Gasteiger charge is 2.06. The van der Waals surface area contributed by atoms with E-state index in [-0.39, 0.29) is 0 Å². The molecule has 0 saturated heterocycles. The van der Waals surface area contributed by atoms with Crippen LogP contribution < -0.4 is 15.2 Å². The van der Waals surface area contributed by atoms with E-state index in [1.807, 2.05) is 24.3 Å². The van der Waals surface area contributed by atoms with E-state index in [0.29, 0.717) is 34.7 Å². The van der Waals surface area contributed by atoms with Gasteiger partial charge in [-0.3, -0.25) is 0 Å². The monoisotopic (exact) mass is 385 g/mol. The number of thiocarbonyl (C=S) groups is 1. The number of hydrogen-bond donors (Lipinski definition) is 1. The molecule has 0 aliphatic heterocycles. The van der Waals surface area contributed by atoms with E-state index < -0.39 is 0 Å². The third-order valence-electron chi connectivity index (χ3n) is 2.64. The minimum absolute atomic E-state index is 0.312. The zero-order valence-corrected chi connectivity index (χ0v) is 14.2. The summed E-state index contributed by atoms with van der Waals surface area (Å²) >= 11 is 14.2. The smallest absolute Gasteiger partial charge is 0.133 e. The van der Waals surface area contributed by atoms with E-state index in [1.165, 1.54) is 0 Å². The summed E-state index contributed by atoms with van der Waals surface area (Å²) in [6.07, 6.45) is 0. The first kappa shape index (κ1) is 16.1. The van der Waals surface area contributed by atoms with Crippen LogP contribution in [0.15, 0.2) is 46.9 Å². The Morgan fingerprint density at radius 3 is 2.43 bits per heavy atom. The average molecular weight is 387 g/mol. The lowest BCUT2D eigenvalue weighted by molar-refractivity contribution is 0.216. The molecule has 0 aromatic heterocycles. The van der Waals surface area contributed by atoms with Gasteiger partial charge in [0.1, 0.15) is 29.7 Å². The van der Waals surface area contributed by atoms with Gasteiger partial charge in [0.15, 0.2) is 0 Å². The van der Waals surface area contributed by atoms with Crippen molar-refractivity contribution < 1.29 is 9.47 Å². The molecule has 0 amide bonds. The predicted molar refractivity (Wildman–Crippen MR) is 92.5 cm³/mol. The van der Waals surface area contributed by atoms with Crippen molar-refractivity contribution in [1.82, 2.24) is 0 Å². The summed E-state index contributed by atoms with van der Waals surface area (Å²) in [5.74, 6) is 1.37. The Morgan fingerprint density at radius 1 is 1.10 bits per heavy atom. The van der Waals surface area contributed by atoms with Crippen LogP contribution >= 0.6 is 39.7 Å². The molecule has 110 valence electrons. The molecule has 2 aromatic carbocycles. The Kier molecular flexibility index (Phi) is 5.85. The number of benzene rings is 2. The first-order valence-electron chi connectivity index (χ1n) is 6.17. The molecule has 0 spiro atoms. The van der Waals surface area contributed by atoms with E-state index in [9.17, 15) is 0 Å². The van der Waals surface area contributed by atoms with Crippen LogP contribution in [0.25, 0.3) is 0 Å². The van der Waals surface area contributed by atoms with E-state index >= 15 is 0 Å². The highest BCUT2D eigenvalue weighted by atomic mass is 79.9. The molecule has 0 bridgehead atoms. The molecule has 21 heavy (non-hydrogen) atoms. The van der Waals surface area contributed by atoms with Gasteiger partial charge in [-0.05, 0) is 46.3 Å². The molecule has 2 N–H and O–H groups in total. The Labute approximate surface area is 142 Å². The van der Waals surface area contributed by atoms with Crippen LogP contribution in [0.2, 0.25) is 5.02 Å². The second-order valence-corrected chi connectivity index (χ2v) is 5.86. The fraction of sp³-hybridized carbons (Fsp3) is 0.133. The van der Waals surface area contributed by atoms with Gasteiger partial charge in [-0.15, -0.1) is 0 Å². The Hall–Kier alpha value is -1.30. The summed E-state index contributed by atoms with van der Waals surface area (Å²) in [7, 11) is 0. The van der Waals surface area contributed by atoms with Crippen LogP contribution in [0, 0.1) is 0 Å². The standard InChI is InChI=1S/C15H13BrClNO2S/c16-12-9-10(17)5-6-14(12)20-8-7-19-13-4-2-1-3-11(13)15(18)21/h1-6,9H,7-8H2,(H2,18,21). The average Bonchev–Trinajstić information content (AvgIpc) is 2.45. The molecule has 3 nitrogen and oxygen atoms in total. The molecular weight excluding hydrogens is 374 g/mol. The largest absolute Gasteiger partial charge is 0.489 e. The first-order valence-corrected chi connectivity index (χ1v) is 7.75. The number of nitrogens with two attached hydrogens (primary N) is 1. The summed E-state index contributed by atoms with van der Waals surface area (Å²) in [6.45, 7) is 0.778. The maximum atomic E-state index is 5.87. The van der Waals surface area contributed by atoms with E-state index in [0.717, 1.165) is 10.0 Å². The van der Waals surface area contributed by atoms with E-state index in [4.69, 9.17) is 39.0 Å². The third-order valence-corrected chi connectivity index (χ3v) is 3.72. The summed E-state index contributed by atoms with van der Waals surface area (Å²) in [4.78, 5) is 0.312. The predicted octanol–water partition coefficient (Wildman–Crippen LogP) is 4.19. The van der Waals surface area contributed by atoms with Gasteiger partial charge >= 0.3 is 0 Å². The molecule has 6 heteroatoms.